The highest BCUT2D eigenvalue weighted by Crippen LogP contribution is 2.40. The Morgan fingerprint density at radius 2 is 2.08 bits per heavy atom. The highest BCUT2D eigenvalue weighted by atomic mass is 79.9. The van der Waals surface area contributed by atoms with Gasteiger partial charge in [-0.1, -0.05) is 22.0 Å². The fraction of sp³-hybridized carbons (Fsp3) is 0.400. The number of aryl methyl sites for hydroxylation is 1. The molecule has 0 saturated heterocycles. The van der Waals surface area contributed by atoms with Crippen molar-refractivity contribution < 1.29 is 8.78 Å². The summed E-state index contributed by atoms with van der Waals surface area (Å²) in [5.74, 6) is -2.62. The van der Waals surface area contributed by atoms with Crippen LogP contribution in [0.15, 0.2) is 22.7 Å². The molecule has 0 aromatic heterocycles. The topological polar surface area (TPSA) is 0 Å². The Balaban J connectivity index is 2.53. The molecule has 0 N–H and O–H groups in total. The molecule has 0 nitrogen and oxygen atoms in total. The van der Waals surface area contributed by atoms with Crippen LogP contribution in [-0.4, -0.2) is 0 Å². The first-order valence-electron chi connectivity index (χ1n) is 4.26. The number of fused-ring (bicyclic) bond motifs is 1. The normalized spacial score (nSPS) is 19.6. The fourth-order valence-electron chi connectivity index (χ4n) is 1.76. The number of hydrogen-bond acceptors (Lipinski definition) is 0. The van der Waals surface area contributed by atoms with Crippen molar-refractivity contribution in [3.05, 3.63) is 33.8 Å². The van der Waals surface area contributed by atoms with E-state index in [1.54, 1.807) is 12.1 Å². The Bertz CT molecular complexity index is 334. The Hall–Kier alpha value is -0.440. The second-order valence-electron chi connectivity index (χ2n) is 3.36. The molecule has 0 atom stereocenters. The number of rotatable bonds is 0. The summed E-state index contributed by atoms with van der Waals surface area (Å²) in [4.78, 5) is 0. The standard InChI is InChI=1S/C10H9BrF2/c11-8-3-4-9-7(6-8)2-1-5-10(9,12)13/h3-4,6H,1-2,5H2. The monoisotopic (exact) mass is 246 g/mol. The molecule has 0 spiro atoms. The van der Waals surface area contributed by atoms with E-state index in [9.17, 15) is 8.78 Å². The van der Waals surface area contributed by atoms with E-state index < -0.39 is 5.92 Å². The number of halogens is 3. The molecule has 70 valence electrons. The SMILES string of the molecule is FC1(F)CCCc2cc(Br)ccc21. The van der Waals surface area contributed by atoms with E-state index in [0.717, 1.165) is 16.5 Å². The molecular formula is C10H9BrF2. The summed E-state index contributed by atoms with van der Waals surface area (Å²) in [6.45, 7) is 0. The second kappa shape index (κ2) is 3.05. The largest absolute Gasteiger partial charge is 0.273 e. The maximum atomic E-state index is 13.3. The molecule has 1 aromatic carbocycles. The van der Waals surface area contributed by atoms with Gasteiger partial charge >= 0.3 is 0 Å². The summed E-state index contributed by atoms with van der Waals surface area (Å²) in [6.07, 6.45) is 1.34. The van der Waals surface area contributed by atoms with Crippen LogP contribution in [0.25, 0.3) is 0 Å². The van der Waals surface area contributed by atoms with Crippen molar-refractivity contribution in [1.82, 2.24) is 0 Å². The van der Waals surface area contributed by atoms with Crippen LogP contribution in [0.5, 0.6) is 0 Å². The summed E-state index contributed by atoms with van der Waals surface area (Å²) in [6, 6.07) is 5.00. The molecule has 1 aliphatic rings. The van der Waals surface area contributed by atoms with Crippen molar-refractivity contribution in [2.45, 2.75) is 25.2 Å². The van der Waals surface area contributed by atoms with Crippen molar-refractivity contribution in [3.63, 3.8) is 0 Å². The summed E-state index contributed by atoms with van der Waals surface area (Å²) < 4.78 is 27.5. The second-order valence-corrected chi connectivity index (χ2v) is 4.28. The first-order valence-corrected chi connectivity index (χ1v) is 5.06. The minimum absolute atomic E-state index is 0.0123. The van der Waals surface area contributed by atoms with E-state index in [4.69, 9.17) is 0 Å². The first kappa shape index (κ1) is 9.13. The van der Waals surface area contributed by atoms with E-state index in [-0.39, 0.29) is 12.0 Å². The third-order valence-electron chi connectivity index (χ3n) is 2.40. The van der Waals surface area contributed by atoms with Gasteiger partial charge in [-0.25, -0.2) is 8.78 Å². The van der Waals surface area contributed by atoms with Gasteiger partial charge in [0.15, 0.2) is 0 Å². The maximum Gasteiger partial charge on any atom is 0.273 e. The highest BCUT2D eigenvalue weighted by molar-refractivity contribution is 9.10. The molecular weight excluding hydrogens is 238 g/mol. The van der Waals surface area contributed by atoms with E-state index >= 15 is 0 Å². The smallest absolute Gasteiger partial charge is 0.201 e. The maximum absolute atomic E-state index is 13.3. The number of alkyl halides is 2. The molecule has 2 rings (SSSR count). The zero-order valence-electron chi connectivity index (χ0n) is 6.99. The molecule has 0 aliphatic heterocycles. The van der Waals surface area contributed by atoms with Gasteiger partial charge < -0.3 is 0 Å². The van der Waals surface area contributed by atoms with Crippen molar-refractivity contribution in [1.29, 1.82) is 0 Å². The average molecular weight is 247 g/mol. The third kappa shape index (κ3) is 1.62. The van der Waals surface area contributed by atoms with Gasteiger partial charge in [-0.3, -0.25) is 0 Å². The Morgan fingerprint density at radius 1 is 1.31 bits per heavy atom. The van der Waals surface area contributed by atoms with Gasteiger partial charge in [0.25, 0.3) is 5.92 Å². The van der Waals surface area contributed by atoms with Crippen LogP contribution in [0.3, 0.4) is 0 Å². The molecule has 0 heterocycles. The van der Waals surface area contributed by atoms with E-state index in [1.807, 2.05) is 0 Å². The predicted octanol–water partition coefficient (Wildman–Crippen LogP) is 3.88. The molecule has 0 saturated carbocycles. The van der Waals surface area contributed by atoms with Crippen LogP contribution in [0.4, 0.5) is 8.78 Å². The number of hydrogen-bond donors (Lipinski definition) is 0. The van der Waals surface area contributed by atoms with Crippen LogP contribution in [0.2, 0.25) is 0 Å². The molecule has 3 heteroatoms. The lowest BCUT2D eigenvalue weighted by atomic mass is 9.89. The summed E-state index contributed by atoms with van der Waals surface area (Å²) >= 11 is 3.28. The summed E-state index contributed by atoms with van der Waals surface area (Å²) in [5, 5.41) is 0. The van der Waals surface area contributed by atoms with Crippen molar-refractivity contribution in [2.75, 3.05) is 0 Å². The quantitative estimate of drug-likeness (QED) is 0.652. The first-order chi connectivity index (χ1) is 6.09. The summed E-state index contributed by atoms with van der Waals surface area (Å²) in [7, 11) is 0. The zero-order valence-corrected chi connectivity index (χ0v) is 8.57. The van der Waals surface area contributed by atoms with Crippen LogP contribution in [0, 0.1) is 0 Å². The molecule has 0 amide bonds. The molecule has 1 aliphatic carbocycles. The summed E-state index contributed by atoms with van der Waals surface area (Å²) in [5.41, 5.74) is 0.993. The van der Waals surface area contributed by atoms with Crippen LogP contribution in [-0.2, 0) is 12.3 Å². The Kier molecular flexibility index (Phi) is 2.14. The molecule has 0 bridgehead atoms. The highest BCUT2D eigenvalue weighted by Gasteiger charge is 2.36. The van der Waals surface area contributed by atoms with Crippen LogP contribution >= 0.6 is 15.9 Å². The van der Waals surface area contributed by atoms with Crippen molar-refractivity contribution in [2.24, 2.45) is 0 Å². The minimum Gasteiger partial charge on any atom is -0.201 e. The number of benzene rings is 1. The molecule has 1 aromatic rings. The van der Waals surface area contributed by atoms with E-state index in [0.29, 0.717) is 6.42 Å². The Morgan fingerprint density at radius 3 is 2.85 bits per heavy atom. The van der Waals surface area contributed by atoms with Crippen LogP contribution < -0.4 is 0 Å². The lowest BCUT2D eigenvalue weighted by Gasteiger charge is -2.25. The molecule has 0 radical (unpaired) electrons. The minimum atomic E-state index is -2.62. The van der Waals surface area contributed by atoms with Gasteiger partial charge in [0.1, 0.15) is 0 Å². The van der Waals surface area contributed by atoms with Gasteiger partial charge in [0.2, 0.25) is 0 Å². The van der Waals surface area contributed by atoms with Crippen molar-refractivity contribution in [3.8, 4) is 0 Å². The molecule has 13 heavy (non-hydrogen) atoms. The van der Waals surface area contributed by atoms with Gasteiger partial charge in [0.05, 0.1) is 0 Å². The van der Waals surface area contributed by atoms with Gasteiger partial charge in [-0.15, -0.1) is 0 Å². The fourth-order valence-corrected chi connectivity index (χ4v) is 2.17. The Labute approximate surface area is 84.1 Å². The van der Waals surface area contributed by atoms with Gasteiger partial charge in [-0.2, -0.15) is 0 Å². The third-order valence-corrected chi connectivity index (χ3v) is 2.89. The lowest BCUT2D eigenvalue weighted by molar-refractivity contribution is -0.0216. The van der Waals surface area contributed by atoms with Gasteiger partial charge in [0, 0.05) is 16.5 Å². The lowest BCUT2D eigenvalue weighted by Crippen LogP contribution is -2.20. The van der Waals surface area contributed by atoms with Crippen LogP contribution in [0.1, 0.15) is 24.0 Å². The van der Waals surface area contributed by atoms with E-state index in [2.05, 4.69) is 15.9 Å². The molecule has 0 fully saturated rings. The predicted molar refractivity (Wildman–Crippen MR) is 51.0 cm³/mol. The van der Waals surface area contributed by atoms with E-state index in [1.165, 1.54) is 6.07 Å². The average Bonchev–Trinajstić information content (AvgIpc) is 2.02. The van der Waals surface area contributed by atoms with Gasteiger partial charge in [-0.05, 0) is 30.5 Å². The van der Waals surface area contributed by atoms with Crippen molar-refractivity contribution >= 4 is 15.9 Å². The molecule has 0 unspecified atom stereocenters. The zero-order chi connectivity index (χ0) is 9.47.